The van der Waals surface area contributed by atoms with E-state index < -0.39 is 18.2 Å². The Kier molecular flexibility index (Phi) is 3.61. The Balaban J connectivity index is 3.05. The zero-order chi connectivity index (χ0) is 10.0. The molecule has 0 radical (unpaired) electrons. The first-order valence-corrected chi connectivity index (χ1v) is 4.68. The minimum absolute atomic E-state index is 0.0672. The smallest absolute Gasteiger partial charge is 0.387 e. The van der Waals surface area contributed by atoms with E-state index in [0.717, 1.165) is 6.07 Å². The number of ether oxygens (including phenoxy) is 1. The molecule has 0 aliphatic carbocycles. The lowest BCUT2D eigenvalue weighted by molar-refractivity contribution is -0.0523. The quantitative estimate of drug-likeness (QED) is 0.750. The summed E-state index contributed by atoms with van der Waals surface area (Å²) in [4.78, 5) is 0. The van der Waals surface area contributed by atoms with Crippen LogP contribution in [0.4, 0.5) is 13.2 Å². The summed E-state index contributed by atoms with van der Waals surface area (Å²) in [6.45, 7) is -3.03. The van der Waals surface area contributed by atoms with Crippen LogP contribution in [0.3, 0.4) is 0 Å². The van der Waals surface area contributed by atoms with Crippen LogP contribution < -0.4 is 4.74 Å². The average molecular weight is 320 g/mol. The van der Waals surface area contributed by atoms with Crippen LogP contribution in [0.1, 0.15) is 0 Å². The van der Waals surface area contributed by atoms with E-state index in [4.69, 9.17) is 0 Å². The normalized spacial score (nSPS) is 10.6. The monoisotopic (exact) mass is 318 g/mol. The summed E-state index contributed by atoms with van der Waals surface area (Å²) in [7, 11) is 0. The van der Waals surface area contributed by atoms with Crippen molar-refractivity contribution in [2.24, 2.45) is 0 Å². The highest BCUT2D eigenvalue weighted by atomic mass is 79.9. The predicted molar refractivity (Wildman–Crippen MR) is 48.4 cm³/mol. The van der Waals surface area contributed by atoms with Gasteiger partial charge in [0.2, 0.25) is 0 Å². The first kappa shape index (κ1) is 10.8. The summed E-state index contributed by atoms with van der Waals surface area (Å²) < 4.78 is 41.0. The third kappa shape index (κ3) is 2.87. The Hall–Kier alpha value is -0.230. The van der Waals surface area contributed by atoms with E-state index in [9.17, 15) is 13.2 Å². The molecule has 6 heteroatoms. The van der Waals surface area contributed by atoms with E-state index in [2.05, 4.69) is 36.6 Å². The van der Waals surface area contributed by atoms with Crippen LogP contribution in [0.25, 0.3) is 0 Å². The Morgan fingerprint density at radius 1 is 1.23 bits per heavy atom. The van der Waals surface area contributed by atoms with Crippen molar-refractivity contribution in [2.75, 3.05) is 0 Å². The maximum absolute atomic E-state index is 13.0. The minimum atomic E-state index is -3.03. The van der Waals surface area contributed by atoms with Gasteiger partial charge in [0.05, 0.1) is 4.47 Å². The highest BCUT2D eigenvalue weighted by Gasteiger charge is 2.13. The zero-order valence-electron chi connectivity index (χ0n) is 6.03. The summed E-state index contributed by atoms with van der Waals surface area (Å²) in [6.07, 6.45) is 0. The predicted octanol–water partition coefficient (Wildman–Crippen LogP) is 3.95. The molecule has 13 heavy (non-hydrogen) atoms. The summed E-state index contributed by atoms with van der Waals surface area (Å²) >= 11 is 5.87. The summed E-state index contributed by atoms with van der Waals surface area (Å²) in [5, 5.41) is 0. The van der Waals surface area contributed by atoms with E-state index in [1.54, 1.807) is 0 Å². The average Bonchev–Trinajstić information content (AvgIpc) is 1.98. The molecule has 0 saturated carbocycles. The van der Waals surface area contributed by atoms with E-state index in [1.165, 1.54) is 6.07 Å². The molecule has 0 atom stereocenters. The van der Waals surface area contributed by atoms with Crippen molar-refractivity contribution in [2.45, 2.75) is 6.61 Å². The van der Waals surface area contributed by atoms with Crippen LogP contribution in [-0.4, -0.2) is 6.61 Å². The molecule has 0 fully saturated rings. The van der Waals surface area contributed by atoms with Crippen molar-refractivity contribution in [3.63, 3.8) is 0 Å². The molecule has 0 N–H and O–H groups in total. The molecule has 0 aromatic heterocycles. The molecule has 1 aromatic carbocycles. The number of alkyl halides is 2. The van der Waals surface area contributed by atoms with Gasteiger partial charge in [-0.15, -0.1) is 0 Å². The molecule has 0 amide bonds. The second-order valence-electron chi connectivity index (χ2n) is 2.08. The fourth-order valence-electron chi connectivity index (χ4n) is 0.714. The molecule has 0 aliphatic rings. The topological polar surface area (TPSA) is 9.23 Å². The van der Waals surface area contributed by atoms with Crippen molar-refractivity contribution >= 4 is 31.9 Å². The second-order valence-corrected chi connectivity index (χ2v) is 3.85. The molecule has 1 rings (SSSR count). The first-order valence-electron chi connectivity index (χ1n) is 3.10. The van der Waals surface area contributed by atoms with Gasteiger partial charge in [-0.3, -0.25) is 0 Å². The van der Waals surface area contributed by atoms with Crippen molar-refractivity contribution in [3.8, 4) is 5.75 Å². The van der Waals surface area contributed by atoms with Gasteiger partial charge in [0.15, 0.2) is 11.6 Å². The van der Waals surface area contributed by atoms with Crippen molar-refractivity contribution in [1.29, 1.82) is 0 Å². The van der Waals surface area contributed by atoms with Gasteiger partial charge in [0.25, 0.3) is 0 Å². The highest BCUT2D eigenvalue weighted by Crippen LogP contribution is 2.30. The first-order chi connectivity index (χ1) is 6.00. The summed E-state index contributed by atoms with van der Waals surface area (Å²) in [6, 6.07) is 2.53. The molecule has 0 aliphatic heterocycles. The van der Waals surface area contributed by atoms with Gasteiger partial charge in [-0.1, -0.05) is 15.9 Å². The van der Waals surface area contributed by atoms with Crippen molar-refractivity contribution in [3.05, 3.63) is 26.9 Å². The molecule has 0 spiro atoms. The summed E-state index contributed by atoms with van der Waals surface area (Å²) in [5.41, 5.74) is 0. The van der Waals surface area contributed by atoms with Crippen LogP contribution in [-0.2, 0) is 0 Å². The fourth-order valence-corrected chi connectivity index (χ4v) is 1.90. The van der Waals surface area contributed by atoms with Crippen LogP contribution in [0.15, 0.2) is 21.1 Å². The lowest BCUT2D eigenvalue weighted by Crippen LogP contribution is -2.03. The second kappa shape index (κ2) is 4.32. The van der Waals surface area contributed by atoms with Gasteiger partial charge in [-0.25, -0.2) is 4.39 Å². The van der Waals surface area contributed by atoms with Crippen LogP contribution in [0.2, 0.25) is 0 Å². The lowest BCUT2D eigenvalue weighted by atomic mass is 10.3. The van der Waals surface area contributed by atoms with Crippen molar-refractivity contribution in [1.82, 2.24) is 0 Å². The third-order valence-electron chi connectivity index (χ3n) is 1.18. The lowest BCUT2D eigenvalue weighted by Gasteiger charge is -2.06. The molecule has 1 aromatic rings. The SMILES string of the molecule is Fc1c(Br)cc(Br)cc1OC(F)F. The molecular weight excluding hydrogens is 317 g/mol. The molecule has 0 bridgehead atoms. The Bertz CT molecular complexity index is 317. The minimum Gasteiger partial charge on any atom is -0.432 e. The van der Waals surface area contributed by atoms with E-state index in [0.29, 0.717) is 4.47 Å². The fraction of sp³-hybridized carbons (Fsp3) is 0.143. The maximum atomic E-state index is 13.0. The number of benzene rings is 1. The van der Waals surface area contributed by atoms with Gasteiger partial charge < -0.3 is 4.74 Å². The zero-order valence-corrected chi connectivity index (χ0v) is 9.20. The van der Waals surface area contributed by atoms with Gasteiger partial charge in [0, 0.05) is 4.47 Å². The molecule has 0 unspecified atom stereocenters. The third-order valence-corrected chi connectivity index (χ3v) is 2.21. The van der Waals surface area contributed by atoms with E-state index in [-0.39, 0.29) is 4.47 Å². The Morgan fingerprint density at radius 3 is 2.38 bits per heavy atom. The number of hydrogen-bond donors (Lipinski definition) is 0. The van der Waals surface area contributed by atoms with Gasteiger partial charge >= 0.3 is 6.61 Å². The molecule has 1 nitrogen and oxygen atoms in total. The molecule has 72 valence electrons. The summed E-state index contributed by atoms with van der Waals surface area (Å²) in [5.74, 6) is -1.33. The number of rotatable bonds is 2. The number of halogens is 5. The largest absolute Gasteiger partial charge is 0.432 e. The van der Waals surface area contributed by atoms with E-state index >= 15 is 0 Å². The molecule has 0 saturated heterocycles. The Labute approximate surface area is 89.1 Å². The van der Waals surface area contributed by atoms with Crippen LogP contribution in [0.5, 0.6) is 5.75 Å². The van der Waals surface area contributed by atoms with Gasteiger partial charge in [-0.2, -0.15) is 8.78 Å². The standard InChI is InChI=1S/C7H3Br2F3O/c8-3-1-4(9)6(10)5(2-3)13-7(11)12/h1-2,7H. The van der Waals surface area contributed by atoms with Gasteiger partial charge in [0.1, 0.15) is 0 Å². The van der Waals surface area contributed by atoms with Crippen LogP contribution >= 0.6 is 31.9 Å². The molecular formula is C7H3Br2F3O. The van der Waals surface area contributed by atoms with Crippen LogP contribution in [0, 0.1) is 5.82 Å². The van der Waals surface area contributed by atoms with E-state index in [1.807, 2.05) is 0 Å². The Morgan fingerprint density at radius 2 is 1.85 bits per heavy atom. The maximum Gasteiger partial charge on any atom is 0.387 e. The van der Waals surface area contributed by atoms with Crippen molar-refractivity contribution < 1.29 is 17.9 Å². The highest BCUT2D eigenvalue weighted by molar-refractivity contribution is 9.11. The molecule has 0 heterocycles. The van der Waals surface area contributed by atoms with Gasteiger partial charge in [-0.05, 0) is 28.1 Å². The number of hydrogen-bond acceptors (Lipinski definition) is 1.